The average molecular weight is 326 g/mol. The molecule has 0 aliphatic carbocycles. The smallest absolute Gasteiger partial charge is 0.410 e. The van der Waals surface area contributed by atoms with E-state index >= 15 is 0 Å². The monoisotopic (exact) mass is 326 g/mol. The summed E-state index contributed by atoms with van der Waals surface area (Å²) in [7, 11) is 0. The van der Waals surface area contributed by atoms with Crippen LogP contribution in [0, 0.1) is 17.6 Å². The number of carbonyl (C=O) groups is 1. The Kier molecular flexibility index (Phi) is 5.44. The summed E-state index contributed by atoms with van der Waals surface area (Å²) in [5, 5.41) is 3.04. The topological polar surface area (TPSA) is 41.6 Å². The number of ether oxygens (including phenoxy) is 1. The number of nitrogens with zero attached hydrogens (tertiary/aromatic N) is 1. The van der Waals surface area contributed by atoms with Crippen LogP contribution >= 0.6 is 0 Å². The highest BCUT2D eigenvalue weighted by atomic mass is 19.1. The molecule has 128 valence electrons. The zero-order chi connectivity index (χ0) is 17.0. The van der Waals surface area contributed by atoms with Crippen LogP contribution in [0.4, 0.5) is 19.3 Å². The van der Waals surface area contributed by atoms with Crippen molar-refractivity contribution in [3.05, 3.63) is 29.8 Å². The first-order valence-corrected chi connectivity index (χ1v) is 7.91. The summed E-state index contributed by atoms with van der Waals surface area (Å²) >= 11 is 0. The van der Waals surface area contributed by atoms with Crippen molar-refractivity contribution in [1.29, 1.82) is 0 Å². The maximum Gasteiger partial charge on any atom is 0.410 e. The van der Waals surface area contributed by atoms with Crippen molar-refractivity contribution in [1.82, 2.24) is 4.90 Å². The van der Waals surface area contributed by atoms with Gasteiger partial charge in [0.05, 0.1) is 0 Å². The van der Waals surface area contributed by atoms with Gasteiger partial charge in [-0.05, 0) is 51.7 Å². The maximum atomic E-state index is 13.2. The predicted octanol–water partition coefficient (Wildman–Crippen LogP) is 4.02. The van der Waals surface area contributed by atoms with Crippen LogP contribution in [0.1, 0.15) is 33.6 Å². The molecule has 0 saturated carbocycles. The van der Waals surface area contributed by atoms with Gasteiger partial charge in [0, 0.05) is 31.4 Å². The molecule has 1 aromatic rings. The fourth-order valence-electron chi connectivity index (χ4n) is 2.64. The lowest BCUT2D eigenvalue weighted by molar-refractivity contribution is 0.0172. The molecule has 1 aliphatic heterocycles. The van der Waals surface area contributed by atoms with Crippen molar-refractivity contribution in [3.8, 4) is 0 Å². The number of halogens is 2. The van der Waals surface area contributed by atoms with Gasteiger partial charge >= 0.3 is 6.09 Å². The molecule has 1 fully saturated rings. The van der Waals surface area contributed by atoms with Gasteiger partial charge in [0.1, 0.15) is 17.2 Å². The van der Waals surface area contributed by atoms with Gasteiger partial charge < -0.3 is 15.0 Å². The molecular formula is C17H24F2N2O2. The normalized spacial score (nSPS) is 18.7. The average Bonchev–Trinajstić information content (AvgIpc) is 2.43. The molecule has 0 bridgehead atoms. The van der Waals surface area contributed by atoms with Gasteiger partial charge in [-0.25, -0.2) is 13.6 Å². The molecule has 1 unspecified atom stereocenters. The number of hydrogen-bond acceptors (Lipinski definition) is 3. The molecule has 0 spiro atoms. The summed E-state index contributed by atoms with van der Waals surface area (Å²) in [5.41, 5.74) is -0.0987. The minimum atomic E-state index is -0.605. The lowest BCUT2D eigenvalue weighted by Crippen LogP contribution is -2.44. The zero-order valence-electron chi connectivity index (χ0n) is 13.9. The Hall–Kier alpha value is -1.85. The Balaban J connectivity index is 1.87. The van der Waals surface area contributed by atoms with Crippen LogP contribution < -0.4 is 5.32 Å². The van der Waals surface area contributed by atoms with Crippen LogP contribution in [0.25, 0.3) is 0 Å². The number of piperidine rings is 1. The Morgan fingerprint density at radius 1 is 1.30 bits per heavy atom. The lowest BCUT2D eigenvalue weighted by Gasteiger charge is -2.34. The van der Waals surface area contributed by atoms with Gasteiger partial charge in [0.15, 0.2) is 0 Å². The third kappa shape index (κ3) is 5.69. The first-order chi connectivity index (χ1) is 10.7. The van der Waals surface area contributed by atoms with E-state index < -0.39 is 17.2 Å². The summed E-state index contributed by atoms with van der Waals surface area (Å²) < 4.78 is 31.7. The quantitative estimate of drug-likeness (QED) is 0.912. The SMILES string of the molecule is CC(C)(C)OC(=O)N1CCCC(CNc2cc(F)cc(F)c2)C1. The van der Waals surface area contributed by atoms with E-state index in [9.17, 15) is 13.6 Å². The van der Waals surface area contributed by atoms with Crippen molar-refractivity contribution in [2.75, 3.05) is 25.0 Å². The summed E-state index contributed by atoms with van der Waals surface area (Å²) in [6.07, 6.45) is 1.55. The van der Waals surface area contributed by atoms with Gasteiger partial charge in [0.25, 0.3) is 0 Å². The molecule has 23 heavy (non-hydrogen) atoms. The van der Waals surface area contributed by atoms with Gasteiger partial charge in [-0.1, -0.05) is 0 Å². The van der Waals surface area contributed by atoms with Crippen LogP contribution in [0.2, 0.25) is 0 Å². The van der Waals surface area contributed by atoms with E-state index in [1.807, 2.05) is 20.8 Å². The lowest BCUT2D eigenvalue weighted by atomic mass is 9.98. The van der Waals surface area contributed by atoms with Gasteiger partial charge in [-0.3, -0.25) is 0 Å². The van der Waals surface area contributed by atoms with Gasteiger partial charge in [-0.2, -0.15) is 0 Å². The van der Waals surface area contributed by atoms with Crippen LogP contribution in [0.5, 0.6) is 0 Å². The molecule has 0 radical (unpaired) electrons. The minimum Gasteiger partial charge on any atom is -0.444 e. The first-order valence-electron chi connectivity index (χ1n) is 7.91. The van der Waals surface area contributed by atoms with Gasteiger partial charge in [0.2, 0.25) is 0 Å². The summed E-state index contributed by atoms with van der Waals surface area (Å²) in [6.45, 7) is 7.34. The molecule has 4 nitrogen and oxygen atoms in total. The number of amides is 1. The Morgan fingerprint density at radius 2 is 1.96 bits per heavy atom. The van der Waals surface area contributed by atoms with E-state index in [1.54, 1.807) is 4.90 Å². The number of likely N-dealkylation sites (tertiary alicyclic amines) is 1. The highest BCUT2D eigenvalue weighted by molar-refractivity contribution is 5.68. The van der Waals surface area contributed by atoms with Crippen LogP contribution in [0.3, 0.4) is 0 Å². The van der Waals surface area contributed by atoms with E-state index in [-0.39, 0.29) is 12.0 Å². The van der Waals surface area contributed by atoms with Crippen LogP contribution in [-0.2, 0) is 4.74 Å². The fraction of sp³-hybridized carbons (Fsp3) is 0.588. The van der Waals surface area contributed by atoms with E-state index in [0.29, 0.717) is 25.3 Å². The molecule has 1 N–H and O–H groups in total. The largest absolute Gasteiger partial charge is 0.444 e. The van der Waals surface area contributed by atoms with E-state index in [1.165, 1.54) is 12.1 Å². The second-order valence-electron chi connectivity index (χ2n) is 6.97. The van der Waals surface area contributed by atoms with Crippen molar-refractivity contribution in [2.24, 2.45) is 5.92 Å². The molecule has 2 rings (SSSR count). The standard InChI is InChI=1S/C17H24F2N2O2/c1-17(2,3)23-16(22)21-6-4-5-12(11-21)10-20-15-8-13(18)7-14(19)9-15/h7-9,12,20H,4-6,10-11H2,1-3H3. The molecule has 1 aliphatic rings. The van der Waals surface area contributed by atoms with Gasteiger partial charge in [-0.15, -0.1) is 0 Å². The molecule has 1 atom stereocenters. The minimum absolute atomic E-state index is 0.225. The number of hydrogen-bond donors (Lipinski definition) is 1. The van der Waals surface area contributed by atoms with Crippen molar-refractivity contribution < 1.29 is 18.3 Å². The molecular weight excluding hydrogens is 302 g/mol. The van der Waals surface area contributed by atoms with Crippen molar-refractivity contribution in [3.63, 3.8) is 0 Å². The summed E-state index contributed by atoms with van der Waals surface area (Å²) in [4.78, 5) is 13.8. The second kappa shape index (κ2) is 7.15. The molecule has 0 aromatic heterocycles. The fourth-order valence-corrected chi connectivity index (χ4v) is 2.64. The number of anilines is 1. The first kappa shape index (κ1) is 17.5. The maximum absolute atomic E-state index is 13.2. The van der Waals surface area contributed by atoms with Crippen LogP contribution in [0.15, 0.2) is 18.2 Å². The molecule has 1 heterocycles. The third-order valence-corrected chi connectivity index (χ3v) is 3.63. The Labute approximate surface area is 135 Å². The van der Waals surface area contributed by atoms with Crippen LogP contribution in [-0.4, -0.2) is 36.2 Å². The summed E-state index contributed by atoms with van der Waals surface area (Å²) in [5.74, 6) is -0.986. The summed E-state index contributed by atoms with van der Waals surface area (Å²) in [6, 6.07) is 3.37. The number of nitrogens with one attached hydrogen (secondary N) is 1. The van der Waals surface area contributed by atoms with E-state index in [2.05, 4.69) is 5.32 Å². The number of benzene rings is 1. The van der Waals surface area contributed by atoms with Crippen molar-refractivity contribution >= 4 is 11.8 Å². The number of rotatable bonds is 3. The highest BCUT2D eigenvalue weighted by Crippen LogP contribution is 2.21. The van der Waals surface area contributed by atoms with E-state index in [4.69, 9.17) is 4.74 Å². The number of carbonyl (C=O) groups excluding carboxylic acids is 1. The Bertz CT molecular complexity index is 538. The van der Waals surface area contributed by atoms with E-state index in [0.717, 1.165) is 18.9 Å². The molecule has 1 saturated heterocycles. The molecule has 1 amide bonds. The second-order valence-corrected chi connectivity index (χ2v) is 6.97. The molecule has 6 heteroatoms. The molecule has 1 aromatic carbocycles. The highest BCUT2D eigenvalue weighted by Gasteiger charge is 2.27. The predicted molar refractivity (Wildman–Crippen MR) is 85.4 cm³/mol. The Morgan fingerprint density at radius 3 is 2.57 bits per heavy atom. The zero-order valence-corrected chi connectivity index (χ0v) is 13.9. The van der Waals surface area contributed by atoms with Crippen molar-refractivity contribution in [2.45, 2.75) is 39.2 Å². The third-order valence-electron chi connectivity index (χ3n) is 3.63.